The number of carbonyl (C=O) groups excluding carboxylic acids is 1. The van der Waals surface area contributed by atoms with Crippen LogP contribution in [0.2, 0.25) is 0 Å². The Hall–Kier alpha value is -2.33. The van der Waals surface area contributed by atoms with Crippen molar-refractivity contribution >= 4 is 35.8 Å². The van der Waals surface area contributed by atoms with Crippen LogP contribution >= 0.6 is 24.0 Å². The van der Waals surface area contributed by atoms with Crippen LogP contribution in [0.15, 0.2) is 59.6 Å². The van der Waals surface area contributed by atoms with Crippen molar-refractivity contribution < 1.29 is 14.6 Å². The van der Waals surface area contributed by atoms with Crippen LogP contribution in [0.4, 0.5) is 0 Å². The summed E-state index contributed by atoms with van der Waals surface area (Å²) in [5, 5.41) is 19.2. The Labute approximate surface area is 207 Å². The lowest BCUT2D eigenvalue weighted by Gasteiger charge is -2.18. The second-order valence-corrected chi connectivity index (χ2v) is 7.64. The maximum Gasteiger partial charge on any atom is 0.258 e. The number of aliphatic hydroxyl groups is 1. The maximum absolute atomic E-state index is 11.8. The van der Waals surface area contributed by atoms with Gasteiger partial charge in [-0.3, -0.25) is 4.79 Å². The van der Waals surface area contributed by atoms with Crippen LogP contribution < -0.4 is 20.7 Å². The van der Waals surface area contributed by atoms with Gasteiger partial charge in [-0.15, -0.1) is 24.0 Å². The number of rotatable bonds is 11. The summed E-state index contributed by atoms with van der Waals surface area (Å²) in [5.74, 6) is 1.25. The molecule has 2 aromatic carbocycles. The number of benzene rings is 2. The van der Waals surface area contributed by atoms with E-state index in [0.717, 1.165) is 30.5 Å². The molecule has 0 aliphatic heterocycles. The fourth-order valence-corrected chi connectivity index (χ4v) is 3.12. The minimum Gasteiger partial charge on any atom is -0.484 e. The Balaban J connectivity index is 0.00000363. The monoisotopic (exact) mass is 552 g/mol. The quantitative estimate of drug-likeness (QED) is 0.196. The SMILES string of the molecule is CCNC(=NCc1cccc(OCC(=O)NC2CC2)c1)NCC(CO)c1ccccc1.I. The Morgan fingerprint density at radius 2 is 1.94 bits per heavy atom. The zero-order valence-corrected chi connectivity index (χ0v) is 20.8. The molecule has 1 saturated carbocycles. The topological polar surface area (TPSA) is 95.0 Å². The number of hydrogen-bond acceptors (Lipinski definition) is 4. The number of aliphatic imine (C=N–C) groups is 1. The number of amides is 1. The highest BCUT2D eigenvalue weighted by molar-refractivity contribution is 14.0. The van der Waals surface area contributed by atoms with E-state index in [1.165, 1.54) is 0 Å². The highest BCUT2D eigenvalue weighted by atomic mass is 127. The van der Waals surface area contributed by atoms with E-state index < -0.39 is 0 Å². The van der Waals surface area contributed by atoms with Crippen molar-refractivity contribution in [1.82, 2.24) is 16.0 Å². The first-order valence-electron chi connectivity index (χ1n) is 10.9. The van der Waals surface area contributed by atoms with Crippen LogP contribution in [0.25, 0.3) is 0 Å². The van der Waals surface area contributed by atoms with Gasteiger partial charge in [0.1, 0.15) is 5.75 Å². The normalized spacial score (nSPS) is 14.1. The fraction of sp³-hybridized carbons (Fsp3) is 0.417. The molecule has 1 aliphatic carbocycles. The molecule has 8 heteroatoms. The van der Waals surface area contributed by atoms with Gasteiger partial charge in [-0.25, -0.2) is 4.99 Å². The summed E-state index contributed by atoms with van der Waals surface area (Å²) < 4.78 is 5.61. The first kappa shape index (κ1) is 25.9. The van der Waals surface area contributed by atoms with Crippen LogP contribution in [0.3, 0.4) is 0 Å². The molecule has 174 valence electrons. The van der Waals surface area contributed by atoms with Gasteiger partial charge >= 0.3 is 0 Å². The Bertz CT molecular complexity index is 859. The van der Waals surface area contributed by atoms with Crippen LogP contribution in [0.1, 0.15) is 36.8 Å². The predicted molar refractivity (Wildman–Crippen MR) is 138 cm³/mol. The molecule has 0 aromatic heterocycles. The van der Waals surface area contributed by atoms with E-state index >= 15 is 0 Å². The molecule has 0 radical (unpaired) electrons. The largest absolute Gasteiger partial charge is 0.484 e. The molecule has 7 nitrogen and oxygen atoms in total. The Morgan fingerprint density at radius 1 is 1.16 bits per heavy atom. The first-order valence-corrected chi connectivity index (χ1v) is 10.9. The number of nitrogens with zero attached hydrogens (tertiary/aromatic N) is 1. The summed E-state index contributed by atoms with van der Waals surface area (Å²) in [6, 6.07) is 17.9. The molecule has 0 heterocycles. The third-order valence-electron chi connectivity index (χ3n) is 4.98. The Kier molecular flexibility index (Phi) is 11.3. The molecular weight excluding hydrogens is 519 g/mol. The molecule has 0 bridgehead atoms. The number of guanidine groups is 1. The number of carbonyl (C=O) groups is 1. The van der Waals surface area contributed by atoms with E-state index in [2.05, 4.69) is 20.9 Å². The summed E-state index contributed by atoms with van der Waals surface area (Å²) in [5.41, 5.74) is 2.07. The van der Waals surface area contributed by atoms with E-state index in [1.54, 1.807) is 0 Å². The van der Waals surface area contributed by atoms with Gasteiger partial charge in [0.2, 0.25) is 0 Å². The Morgan fingerprint density at radius 3 is 2.62 bits per heavy atom. The number of nitrogens with one attached hydrogen (secondary N) is 3. The molecule has 32 heavy (non-hydrogen) atoms. The highest BCUT2D eigenvalue weighted by Crippen LogP contribution is 2.19. The number of hydrogen-bond donors (Lipinski definition) is 4. The molecule has 2 aromatic rings. The minimum absolute atomic E-state index is 0. The van der Waals surface area contributed by atoms with Crippen molar-refractivity contribution in [3.8, 4) is 5.75 Å². The third kappa shape index (κ3) is 9.04. The second-order valence-electron chi connectivity index (χ2n) is 7.64. The number of halogens is 1. The summed E-state index contributed by atoms with van der Waals surface area (Å²) in [6.45, 7) is 3.88. The summed E-state index contributed by atoms with van der Waals surface area (Å²) in [7, 11) is 0. The van der Waals surface area contributed by atoms with E-state index in [9.17, 15) is 9.90 Å². The molecular formula is C24H33IN4O3. The van der Waals surface area contributed by atoms with Gasteiger partial charge in [-0.05, 0) is 43.0 Å². The van der Waals surface area contributed by atoms with E-state index in [1.807, 2.05) is 61.5 Å². The van der Waals surface area contributed by atoms with Crippen LogP contribution in [0.5, 0.6) is 5.75 Å². The lowest BCUT2D eigenvalue weighted by atomic mass is 10.0. The van der Waals surface area contributed by atoms with Gasteiger partial charge < -0.3 is 25.8 Å². The molecule has 3 rings (SSSR count). The van der Waals surface area contributed by atoms with Crippen molar-refractivity contribution in [3.63, 3.8) is 0 Å². The molecule has 1 unspecified atom stereocenters. The summed E-state index contributed by atoms with van der Waals surface area (Å²) in [4.78, 5) is 16.4. The van der Waals surface area contributed by atoms with Crippen molar-refractivity contribution in [2.75, 3.05) is 26.3 Å². The lowest BCUT2D eigenvalue weighted by Crippen LogP contribution is -2.39. The van der Waals surface area contributed by atoms with Crippen LogP contribution in [0, 0.1) is 0 Å². The lowest BCUT2D eigenvalue weighted by molar-refractivity contribution is -0.123. The van der Waals surface area contributed by atoms with Gasteiger partial charge in [0.15, 0.2) is 12.6 Å². The average Bonchev–Trinajstić information content (AvgIpc) is 3.61. The zero-order chi connectivity index (χ0) is 21.9. The third-order valence-corrected chi connectivity index (χ3v) is 4.98. The summed E-state index contributed by atoms with van der Waals surface area (Å²) >= 11 is 0. The molecule has 1 amide bonds. The van der Waals surface area contributed by atoms with Gasteiger partial charge in [-0.1, -0.05) is 42.5 Å². The van der Waals surface area contributed by atoms with Gasteiger partial charge in [0, 0.05) is 25.0 Å². The van der Waals surface area contributed by atoms with Crippen molar-refractivity contribution in [3.05, 3.63) is 65.7 Å². The molecule has 1 fully saturated rings. The molecule has 0 spiro atoms. The van der Waals surface area contributed by atoms with Crippen molar-refractivity contribution in [2.24, 2.45) is 4.99 Å². The van der Waals surface area contributed by atoms with E-state index in [0.29, 0.717) is 30.8 Å². The molecule has 0 saturated heterocycles. The molecule has 1 aliphatic rings. The molecule has 4 N–H and O–H groups in total. The predicted octanol–water partition coefficient (Wildman–Crippen LogP) is 2.79. The first-order chi connectivity index (χ1) is 15.2. The number of aliphatic hydroxyl groups excluding tert-OH is 1. The molecule has 1 atom stereocenters. The fourth-order valence-electron chi connectivity index (χ4n) is 3.12. The van der Waals surface area contributed by atoms with E-state index in [-0.39, 0.29) is 49.0 Å². The smallest absolute Gasteiger partial charge is 0.258 e. The van der Waals surface area contributed by atoms with Crippen LogP contribution in [-0.2, 0) is 11.3 Å². The average molecular weight is 552 g/mol. The zero-order valence-electron chi connectivity index (χ0n) is 18.4. The highest BCUT2D eigenvalue weighted by Gasteiger charge is 2.23. The van der Waals surface area contributed by atoms with Crippen molar-refractivity contribution in [2.45, 2.75) is 38.3 Å². The van der Waals surface area contributed by atoms with Gasteiger partial charge in [0.05, 0.1) is 13.2 Å². The summed E-state index contributed by atoms with van der Waals surface area (Å²) in [6.07, 6.45) is 2.12. The maximum atomic E-state index is 11.8. The van der Waals surface area contributed by atoms with E-state index in [4.69, 9.17) is 4.74 Å². The standard InChI is InChI=1S/C24H32N4O3.HI/c1-2-25-24(27-15-20(16-29)19-8-4-3-5-9-19)26-14-18-7-6-10-22(13-18)31-17-23(30)28-21-11-12-21;/h3-10,13,20-21,29H,2,11-12,14-17H2,1H3,(H,28,30)(H2,25,26,27);1H. The van der Waals surface area contributed by atoms with Crippen LogP contribution in [-0.4, -0.2) is 49.3 Å². The minimum atomic E-state index is -0.0820. The second kappa shape index (κ2) is 13.9. The number of ether oxygens (including phenoxy) is 1. The van der Waals surface area contributed by atoms with Crippen molar-refractivity contribution in [1.29, 1.82) is 0 Å². The van der Waals surface area contributed by atoms with Gasteiger partial charge in [-0.2, -0.15) is 0 Å². The van der Waals surface area contributed by atoms with Gasteiger partial charge in [0.25, 0.3) is 5.91 Å².